The molecular formula is C8H13NO4S2. The van der Waals surface area contributed by atoms with Crippen LogP contribution >= 0.6 is 12.2 Å². The minimum absolute atomic E-state index is 0.0948. The van der Waals surface area contributed by atoms with E-state index in [2.05, 4.69) is 5.32 Å². The number of ether oxygens (including phenoxy) is 2. The van der Waals surface area contributed by atoms with E-state index in [0.29, 0.717) is 13.0 Å². The zero-order valence-electron chi connectivity index (χ0n) is 8.14. The van der Waals surface area contributed by atoms with Gasteiger partial charge in [0.25, 0.3) is 5.17 Å². The van der Waals surface area contributed by atoms with Crippen molar-refractivity contribution in [2.75, 3.05) is 24.7 Å². The average molecular weight is 251 g/mol. The van der Waals surface area contributed by atoms with Crippen molar-refractivity contribution in [3.05, 3.63) is 0 Å². The summed E-state index contributed by atoms with van der Waals surface area (Å²) in [4.78, 5) is 0. The van der Waals surface area contributed by atoms with Crippen LogP contribution < -0.4 is 5.32 Å². The van der Waals surface area contributed by atoms with Crippen LogP contribution in [-0.4, -0.2) is 50.5 Å². The lowest BCUT2D eigenvalue weighted by Gasteiger charge is -2.13. The van der Waals surface area contributed by atoms with Crippen molar-refractivity contribution in [2.24, 2.45) is 0 Å². The molecule has 2 unspecified atom stereocenters. The second-order valence-corrected chi connectivity index (χ2v) is 6.40. The fraction of sp³-hybridized carbons (Fsp3) is 0.875. The van der Waals surface area contributed by atoms with Crippen molar-refractivity contribution in [3.8, 4) is 0 Å². The summed E-state index contributed by atoms with van der Waals surface area (Å²) < 4.78 is 32.5. The van der Waals surface area contributed by atoms with Gasteiger partial charge in [-0.25, -0.2) is 8.42 Å². The van der Waals surface area contributed by atoms with Crippen molar-refractivity contribution in [3.63, 3.8) is 0 Å². The Morgan fingerprint density at radius 3 is 2.87 bits per heavy atom. The summed E-state index contributed by atoms with van der Waals surface area (Å²) in [7, 11) is -2.86. The van der Waals surface area contributed by atoms with E-state index in [1.54, 1.807) is 0 Å². The molecule has 0 spiro atoms. The molecule has 2 atom stereocenters. The molecule has 2 saturated heterocycles. The van der Waals surface area contributed by atoms with E-state index >= 15 is 0 Å². The van der Waals surface area contributed by atoms with Crippen molar-refractivity contribution >= 4 is 27.2 Å². The molecule has 0 saturated carbocycles. The molecule has 2 aliphatic rings. The Hall–Kier alpha value is -0.400. The molecule has 2 rings (SSSR count). The standard InChI is InChI=1S/C8H13NO4S2/c10-15(11)2-1-6(5-15)9-8(14)13-4-7-3-12-7/h6-7H,1-5H2,(H,9,14). The lowest BCUT2D eigenvalue weighted by Crippen LogP contribution is -2.36. The Bertz CT molecular complexity index is 350. The molecule has 5 nitrogen and oxygen atoms in total. The van der Waals surface area contributed by atoms with Gasteiger partial charge < -0.3 is 14.8 Å². The van der Waals surface area contributed by atoms with E-state index in [1.807, 2.05) is 0 Å². The van der Waals surface area contributed by atoms with E-state index in [4.69, 9.17) is 21.7 Å². The molecule has 0 bridgehead atoms. The summed E-state index contributed by atoms with van der Waals surface area (Å²) in [6, 6.07) is -0.0948. The lowest BCUT2D eigenvalue weighted by molar-refractivity contribution is 0.247. The highest BCUT2D eigenvalue weighted by Crippen LogP contribution is 2.12. The highest BCUT2D eigenvalue weighted by atomic mass is 32.2. The fourth-order valence-electron chi connectivity index (χ4n) is 1.45. The van der Waals surface area contributed by atoms with Crippen LogP contribution in [0.1, 0.15) is 6.42 Å². The van der Waals surface area contributed by atoms with E-state index in [0.717, 1.165) is 6.61 Å². The number of hydrogen-bond donors (Lipinski definition) is 1. The maximum absolute atomic E-state index is 11.2. The quantitative estimate of drug-likeness (QED) is 0.537. The van der Waals surface area contributed by atoms with Crippen LogP contribution in [0.5, 0.6) is 0 Å². The molecule has 15 heavy (non-hydrogen) atoms. The van der Waals surface area contributed by atoms with Crippen LogP contribution in [0, 0.1) is 0 Å². The number of nitrogens with one attached hydrogen (secondary N) is 1. The second kappa shape index (κ2) is 4.23. The fourth-order valence-corrected chi connectivity index (χ4v) is 3.36. The lowest BCUT2D eigenvalue weighted by atomic mass is 10.3. The number of epoxide rings is 1. The van der Waals surface area contributed by atoms with Crippen LogP contribution in [0.4, 0.5) is 0 Å². The highest BCUT2D eigenvalue weighted by molar-refractivity contribution is 7.91. The first-order valence-corrected chi connectivity index (χ1v) is 7.03. The van der Waals surface area contributed by atoms with Gasteiger partial charge in [-0.05, 0) is 18.6 Å². The Morgan fingerprint density at radius 1 is 1.60 bits per heavy atom. The van der Waals surface area contributed by atoms with Crippen LogP contribution in [-0.2, 0) is 19.3 Å². The van der Waals surface area contributed by atoms with Gasteiger partial charge in [-0.15, -0.1) is 0 Å². The number of rotatable bonds is 3. The first-order chi connectivity index (χ1) is 7.05. The van der Waals surface area contributed by atoms with Gasteiger partial charge >= 0.3 is 0 Å². The van der Waals surface area contributed by atoms with E-state index in [9.17, 15) is 8.42 Å². The van der Waals surface area contributed by atoms with Gasteiger partial charge in [0.1, 0.15) is 12.7 Å². The van der Waals surface area contributed by atoms with Crippen LogP contribution in [0.3, 0.4) is 0 Å². The SMILES string of the molecule is O=S1(=O)CCC(NC(=S)OCC2CO2)C1. The molecule has 0 aromatic rings. The first-order valence-electron chi connectivity index (χ1n) is 4.80. The molecule has 0 aromatic heterocycles. The summed E-state index contributed by atoms with van der Waals surface area (Å²) >= 11 is 4.93. The van der Waals surface area contributed by atoms with Crippen molar-refractivity contribution in [1.82, 2.24) is 5.32 Å². The third-order valence-corrected chi connectivity index (χ3v) is 4.36. The van der Waals surface area contributed by atoms with E-state index in [-0.39, 0.29) is 28.8 Å². The largest absolute Gasteiger partial charge is 0.468 e. The number of hydrogen-bond acceptors (Lipinski definition) is 5. The zero-order chi connectivity index (χ0) is 10.9. The summed E-state index contributed by atoms with van der Waals surface area (Å²) in [5.41, 5.74) is 0. The molecule has 0 aliphatic carbocycles. The molecule has 0 aromatic carbocycles. The van der Waals surface area contributed by atoms with Gasteiger partial charge in [0.15, 0.2) is 9.84 Å². The minimum Gasteiger partial charge on any atom is -0.468 e. The molecule has 0 amide bonds. The molecule has 2 aliphatic heterocycles. The van der Waals surface area contributed by atoms with Crippen LogP contribution in [0.25, 0.3) is 0 Å². The molecule has 2 fully saturated rings. The van der Waals surface area contributed by atoms with Gasteiger partial charge in [-0.1, -0.05) is 0 Å². The molecule has 86 valence electrons. The molecule has 2 heterocycles. The van der Waals surface area contributed by atoms with Gasteiger partial charge in [0.2, 0.25) is 0 Å². The van der Waals surface area contributed by atoms with Gasteiger partial charge in [0, 0.05) is 6.04 Å². The van der Waals surface area contributed by atoms with Gasteiger partial charge in [-0.2, -0.15) is 0 Å². The maximum atomic E-state index is 11.2. The predicted molar refractivity (Wildman–Crippen MR) is 58.5 cm³/mol. The Morgan fingerprint density at radius 2 is 2.33 bits per heavy atom. The normalized spacial score (nSPS) is 32.3. The third-order valence-electron chi connectivity index (χ3n) is 2.36. The highest BCUT2D eigenvalue weighted by Gasteiger charge is 2.29. The molecule has 7 heteroatoms. The molecular weight excluding hydrogens is 238 g/mol. The van der Waals surface area contributed by atoms with Gasteiger partial charge in [-0.3, -0.25) is 0 Å². The first kappa shape index (κ1) is 11.1. The molecule has 1 N–H and O–H groups in total. The van der Waals surface area contributed by atoms with E-state index in [1.165, 1.54) is 0 Å². The van der Waals surface area contributed by atoms with Crippen LogP contribution in [0.15, 0.2) is 0 Å². The third kappa shape index (κ3) is 3.58. The zero-order valence-corrected chi connectivity index (χ0v) is 9.77. The molecule has 0 radical (unpaired) electrons. The Balaban J connectivity index is 1.69. The van der Waals surface area contributed by atoms with Crippen LogP contribution in [0.2, 0.25) is 0 Å². The monoisotopic (exact) mass is 251 g/mol. The average Bonchev–Trinajstić information content (AvgIpc) is 2.89. The maximum Gasteiger partial charge on any atom is 0.256 e. The topological polar surface area (TPSA) is 67.9 Å². The predicted octanol–water partition coefficient (Wildman–Crippen LogP) is -0.537. The minimum atomic E-state index is -2.86. The van der Waals surface area contributed by atoms with Crippen molar-refractivity contribution in [1.29, 1.82) is 0 Å². The van der Waals surface area contributed by atoms with Crippen molar-refractivity contribution < 1.29 is 17.9 Å². The number of thiocarbonyl (C=S) groups is 1. The summed E-state index contributed by atoms with van der Waals surface area (Å²) in [5, 5.41) is 3.16. The van der Waals surface area contributed by atoms with Gasteiger partial charge in [0.05, 0.1) is 18.1 Å². The second-order valence-electron chi connectivity index (χ2n) is 3.80. The number of sulfone groups is 1. The summed E-state index contributed by atoms with van der Waals surface area (Å²) in [5.74, 6) is 0.384. The van der Waals surface area contributed by atoms with E-state index < -0.39 is 9.84 Å². The summed E-state index contributed by atoms with van der Waals surface area (Å²) in [6.07, 6.45) is 0.767. The Labute approximate surface area is 94.0 Å². The smallest absolute Gasteiger partial charge is 0.256 e. The summed E-state index contributed by atoms with van der Waals surface area (Å²) in [6.45, 7) is 1.17. The van der Waals surface area contributed by atoms with Crippen molar-refractivity contribution in [2.45, 2.75) is 18.6 Å². The Kier molecular flexibility index (Phi) is 3.13.